The molecule has 1 aromatic carbocycles. The fourth-order valence-electron chi connectivity index (χ4n) is 2.41. The Bertz CT molecular complexity index is 336. The molecule has 0 aliphatic heterocycles. The van der Waals surface area contributed by atoms with Gasteiger partial charge in [0.25, 0.3) is 0 Å². The molecule has 1 aromatic rings. The average Bonchev–Trinajstić information content (AvgIpc) is 2.29. The van der Waals surface area contributed by atoms with Gasteiger partial charge in [-0.2, -0.15) is 0 Å². The first-order valence-electron chi connectivity index (χ1n) is 5.85. The monoisotopic (exact) mass is 242 g/mol. The van der Waals surface area contributed by atoms with Crippen molar-refractivity contribution in [1.82, 2.24) is 0 Å². The third kappa shape index (κ3) is 2.80. The molecule has 4 heteroatoms. The molecule has 90 valence electrons. The Balaban J connectivity index is 2.12. The molecule has 0 aromatic heterocycles. The summed E-state index contributed by atoms with van der Waals surface area (Å²) in [4.78, 5) is 27.4. The Morgan fingerprint density at radius 2 is 1.44 bits per heavy atom. The standard InChI is InChI=1S/C12H19O3P/c13-16(14,15)12-8-6-11(7-9-12)10-4-2-1-3-5-10/h6-10,13-16H,1-5H2. The van der Waals surface area contributed by atoms with Gasteiger partial charge in [0.05, 0.1) is 0 Å². The SMILES string of the molecule is O[PH](O)(O)c1ccc(C2CCCCC2)cc1. The number of rotatable bonds is 2. The van der Waals surface area contributed by atoms with Gasteiger partial charge in [-0.05, 0) is 0 Å². The second-order valence-electron chi connectivity index (χ2n) is 4.59. The minimum atomic E-state index is -4.11. The van der Waals surface area contributed by atoms with Gasteiger partial charge in [-0.1, -0.05) is 0 Å². The van der Waals surface area contributed by atoms with Crippen LogP contribution in [0, 0.1) is 0 Å². The Morgan fingerprint density at radius 1 is 0.875 bits per heavy atom. The molecule has 0 heterocycles. The van der Waals surface area contributed by atoms with Crippen molar-refractivity contribution < 1.29 is 14.7 Å². The van der Waals surface area contributed by atoms with Crippen molar-refractivity contribution in [2.75, 3.05) is 0 Å². The molecule has 0 saturated heterocycles. The van der Waals surface area contributed by atoms with E-state index in [0.717, 1.165) is 0 Å². The summed E-state index contributed by atoms with van der Waals surface area (Å²) in [5, 5.41) is 0.257. The van der Waals surface area contributed by atoms with Crippen molar-refractivity contribution in [3.8, 4) is 0 Å². The van der Waals surface area contributed by atoms with Crippen molar-refractivity contribution >= 4 is 13.2 Å². The molecular weight excluding hydrogens is 223 g/mol. The molecule has 0 spiro atoms. The van der Waals surface area contributed by atoms with E-state index < -0.39 is 7.94 Å². The third-order valence-corrected chi connectivity index (χ3v) is 4.48. The van der Waals surface area contributed by atoms with Gasteiger partial charge in [-0.15, -0.1) is 0 Å². The number of hydrogen-bond acceptors (Lipinski definition) is 3. The zero-order chi connectivity index (χ0) is 11.6. The van der Waals surface area contributed by atoms with Crippen molar-refractivity contribution in [3.63, 3.8) is 0 Å². The van der Waals surface area contributed by atoms with Crippen molar-refractivity contribution in [3.05, 3.63) is 29.8 Å². The van der Waals surface area contributed by atoms with Crippen LogP contribution >= 0.6 is 7.94 Å². The molecule has 2 rings (SSSR count). The summed E-state index contributed by atoms with van der Waals surface area (Å²) in [5.41, 5.74) is 1.25. The molecule has 1 aliphatic rings. The van der Waals surface area contributed by atoms with Gasteiger partial charge in [0, 0.05) is 0 Å². The van der Waals surface area contributed by atoms with Crippen LogP contribution in [0.2, 0.25) is 0 Å². The quantitative estimate of drug-likeness (QED) is 0.693. The Labute approximate surface area is 96.3 Å². The van der Waals surface area contributed by atoms with Gasteiger partial charge in [0.15, 0.2) is 0 Å². The summed E-state index contributed by atoms with van der Waals surface area (Å²) in [6, 6.07) is 7.10. The van der Waals surface area contributed by atoms with Gasteiger partial charge in [-0.3, -0.25) is 0 Å². The van der Waals surface area contributed by atoms with Gasteiger partial charge in [0.1, 0.15) is 0 Å². The summed E-state index contributed by atoms with van der Waals surface area (Å²) < 4.78 is 0. The van der Waals surface area contributed by atoms with E-state index in [1.165, 1.54) is 37.7 Å². The molecule has 0 atom stereocenters. The summed E-state index contributed by atoms with van der Waals surface area (Å²) in [5.74, 6) is 0.606. The Morgan fingerprint density at radius 3 is 1.94 bits per heavy atom. The van der Waals surface area contributed by atoms with Crippen LogP contribution in [-0.2, 0) is 0 Å². The first-order valence-corrected chi connectivity index (χ1v) is 7.69. The second-order valence-corrected chi connectivity index (χ2v) is 6.44. The molecule has 0 radical (unpaired) electrons. The zero-order valence-electron chi connectivity index (χ0n) is 9.26. The van der Waals surface area contributed by atoms with E-state index in [2.05, 4.69) is 0 Å². The van der Waals surface area contributed by atoms with E-state index >= 15 is 0 Å². The molecule has 16 heavy (non-hydrogen) atoms. The Hall–Kier alpha value is -0.470. The van der Waals surface area contributed by atoms with Crippen LogP contribution in [0.3, 0.4) is 0 Å². The molecule has 1 saturated carbocycles. The molecule has 1 aliphatic carbocycles. The van der Waals surface area contributed by atoms with Crippen LogP contribution in [-0.4, -0.2) is 14.7 Å². The van der Waals surface area contributed by atoms with E-state index in [1.807, 2.05) is 12.1 Å². The summed E-state index contributed by atoms with van der Waals surface area (Å²) in [6.45, 7) is 0. The number of benzene rings is 1. The van der Waals surface area contributed by atoms with Crippen molar-refractivity contribution in [2.45, 2.75) is 38.0 Å². The average molecular weight is 242 g/mol. The predicted octanol–water partition coefficient (Wildman–Crippen LogP) is 1.83. The van der Waals surface area contributed by atoms with E-state index in [4.69, 9.17) is 14.7 Å². The molecule has 0 amide bonds. The molecule has 3 nitrogen and oxygen atoms in total. The summed E-state index contributed by atoms with van der Waals surface area (Å²) in [7, 11) is -4.11. The van der Waals surface area contributed by atoms with Crippen LogP contribution in [0.15, 0.2) is 24.3 Å². The van der Waals surface area contributed by atoms with Crippen LogP contribution in [0.25, 0.3) is 0 Å². The fourth-order valence-corrected chi connectivity index (χ4v) is 3.03. The van der Waals surface area contributed by atoms with Gasteiger partial charge >= 0.3 is 95.8 Å². The van der Waals surface area contributed by atoms with Crippen molar-refractivity contribution in [2.24, 2.45) is 0 Å². The van der Waals surface area contributed by atoms with E-state index in [1.54, 1.807) is 12.1 Å². The Kier molecular flexibility index (Phi) is 3.60. The molecule has 0 bridgehead atoms. The van der Waals surface area contributed by atoms with Gasteiger partial charge < -0.3 is 0 Å². The topological polar surface area (TPSA) is 60.7 Å². The molecule has 1 fully saturated rings. The third-order valence-electron chi connectivity index (χ3n) is 3.37. The van der Waals surface area contributed by atoms with E-state index in [0.29, 0.717) is 5.92 Å². The van der Waals surface area contributed by atoms with Crippen molar-refractivity contribution in [1.29, 1.82) is 0 Å². The van der Waals surface area contributed by atoms with E-state index in [9.17, 15) is 0 Å². The van der Waals surface area contributed by atoms with Crippen LogP contribution < -0.4 is 5.30 Å². The van der Waals surface area contributed by atoms with Gasteiger partial charge in [-0.25, -0.2) is 0 Å². The predicted molar refractivity (Wildman–Crippen MR) is 66.9 cm³/mol. The minimum absolute atomic E-state index is 0.257. The summed E-state index contributed by atoms with van der Waals surface area (Å²) >= 11 is 0. The first kappa shape index (κ1) is 12.0. The molecule has 0 unspecified atom stereocenters. The molecule has 3 N–H and O–H groups in total. The van der Waals surface area contributed by atoms with Crippen LogP contribution in [0.5, 0.6) is 0 Å². The zero-order valence-corrected chi connectivity index (χ0v) is 10.3. The maximum absolute atomic E-state index is 9.14. The maximum atomic E-state index is 9.14. The molecular formula is C12H19O3P. The van der Waals surface area contributed by atoms with E-state index in [-0.39, 0.29) is 5.30 Å². The van der Waals surface area contributed by atoms with Crippen LogP contribution in [0.4, 0.5) is 0 Å². The fraction of sp³-hybridized carbons (Fsp3) is 0.500. The first-order chi connectivity index (χ1) is 7.57. The number of hydrogen-bond donors (Lipinski definition) is 3. The normalized spacial score (nSPS) is 19.7. The van der Waals surface area contributed by atoms with Gasteiger partial charge in [0.2, 0.25) is 0 Å². The van der Waals surface area contributed by atoms with Crippen LogP contribution in [0.1, 0.15) is 43.6 Å². The summed E-state index contributed by atoms with van der Waals surface area (Å²) in [6.07, 6.45) is 6.34. The second kappa shape index (κ2) is 4.80.